The molecule has 0 aliphatic rings. The van der Waals surface area contributed by atoms with E-state index in [2.05, 4.69) is 4.98 Å². The molecule has 0 aliphatic heterocycles. The highest BCUT2D eigenvalue weighted by Crippen LogP contribution is 2.39. The van der Waals surface area contributed by atoms with Crippen LogP contribution in [0.4, 0.5) is 18.0 Å². The smallest absolute Gasteiger partial charge is 0.420 e. The third-order valence-corrected chi connectivity index (χ3v) is 4.48. The molecule has 3 rings (SSSR count). The van der Waals surface area contributed by atoms with Gasteiger partial charge in [0.1, 0.15) is 10.8 Å². The maximum absolute atomic E-state index is 13.7. The van der Waals surface area contributed by atoms with E-state index in [0.717, 1.165) is 10.6 Å². The van der Waals surface area contributed by atoms with E-state index in [1.165, 1.54) is 24.3 Å². The van der Waals surface area contributed by atoms with E-state index in [9.17, 15) is 18.0 Å². The molecule has 0 fully saturated rings. The van der Waals surface area contributed by atoms with Gasteiger partial charge >= 0.3 is 12.3 Å². The molecule has 0 N–H and O–H groups in total. The standard InChI is InChI=1S/C21H20ClF3N2O2/c1-5-12-6-8-15(21(23,24)25)14(10-12)16-11-13-7-9-17(22)26-18(13)27(16)19(28)29-20(2,3)4/h6-11H,5H2,1-4H3. The first-order valence-corrected chi connectivity index (χ1v) is 9.40. The van der Waals surface area contributed by atoms with Crippen LogP contribution in [-0.4, -0.2) is 21.2 Å². The van der Waals surface area contributed by atoms with Crippen molar-refractivity contribution in [3.05, 3.63) is 52.7 Å². The maximum atomic E-state index is 13.7. The fourth-order valence-corrected chi connectivity index (χ4v) is 3.16. The number of aryl methyl sites for hydroxylation is 1. The highest BCUT2D eigenvalue weighted by atomic mass is 35.5. The van der Waals surface area contributed by atoms with E-state index in [0.29, 0.717) is 17.4 Å². The lowest BCUT2D eigenvalue weighted by Crippen LogP contribution is -2.27. The van der Waals surface area contributed by atoms with Crippen LogP contribution in [0.3, 0.4) is 0 Å². The molecule has 0 aliphatic carbocycles. The van der Waals surface area contributed by atoms with Gasteiger partial charge in [0.25, 0.3) is 0 Å². The summed E-state index contributed by atoms with van der Waals surface area (Å²) in [5, 5.41) is 0.593. The lowest BCUT2D eigenvalue weighted by atomic mass is 9.99. The molecular weight excluding hydrogens is 405 g/mol. The van der Waals surface area contributed by atoms with Gasteiger partial charge in [-0.05, 0) is 63.1 Å². The van der Waals surface area contributed by atoms with Crippen LogP contribution in [-0.2, 0) is 17.3 Å². The highest BCUT2D eigenvalue weighted by molar-refractivity contribution is 6.29. The number of pyridine rings is 1. The molecule has 0 spiro atoms. The molecule has 2 aromatic heterocycles. The number of fused-ring (bicyclic) bond motifs is 1. The molecule has 2 heterocycles. The van der Waals surface area contributed by atoms with Crippen LogP contribution in [0.25, 0.3) is 22.3 Å². The third-order valence-electron chi connectivity index (χ3n) is 4.27. The molecule has 3 aromatic rings. The molecule has 0 saturated carbocycles. The van der Waals surface area contributed by atoms with Gasteiger partial charge in [-0.15, -0.1) is 0 Å². The number of hydrogen-bond acceptors (Lipinski definition) is 3. The van der Waals surface area contributed by atoms with Crippen molar-refractivity contribution in [3.63, 3.8) is 0 Å². The van der Waals surface area contributed by atoms with Crippen LogP contribution in [0.15, 0.2) is 36.4 Å². The molecule has 4 nitrogen and oxygen atoms in total. The summed E-state index contributed by atoms with van der Waals surface area (Å²) in [6.45, 7) is 6.87. The Morgan fingerprint density at radius 1 is 1.14 bits per heavy atom. The zero-order valence-corrected chi connectivity index (χ0v) is 17.1. The van der Waals surface area contributed by atoms with Gasteiger partial charge in [-0.1, -0.05) is 24.6 Å². The average molecular weight is 425 g/mol. The number of hydrogen-bond donors (Lipinski definition) is 0. The number of ether oxygens (including phenoxy) is 1. The SMILES string of the molecule is CCc1ccc(C(F)(F)F)c(-c2cc3ccc(Cl)nc3n2C(=O)OC(C)(C)C)c1. The molecule has 29 heavy (non-hydrogen) atoms. The molecule has 0 saturated heterocycles. The Hall–Kier alpha value is -2.54. The number of alkyl halides is 3. The quantitative estimate of drug-likeness (QED) is 0.429. The fraction of sp³-hybridized carbons (Fsp3) is 0.333. The van der Waals surface area contributed by atoms with Gasteiger partial charge in [-0.25, -0.2) is 14.3 Å². The summed E-state index contributed by atoms with van der Waals surface area (Å²) >= 11 is 5.98. The van der Waals surface area contributed by atoms with Gasteiger partial charge in [-0.3, -0.25) is 0 Å². The van der Waals surface area contributed by atoms with Crippen molar-refractivity contribution in [2.24, 2.45) is 0 Å². The number of benzene rings is 1. The van der Waals surface area contributed by atoms with E-state index in [1.54, 1.807) is 26.8 Å². The Kier molecular flexibility index (Phi) is 5.38. The Morgan fingerprint density at radius 2 is 1.83 bits per heavy atom. The number of rotatable bonds is 2. The largest absolute Gasteiger partial charge is 0.443 e. The number of nitrogens with zero attached hydrogens (tertiary/aromatic N) is 2. The molecule has 0 radical (unpaired) electrons. The second-order valence-electron chi connectivity index (χ2n) is 7.62. The normalized spacial score (nSPS) is 12.4. The average Bonchev–Trinajstić information content (AvgIpc) is 2.97. The van der Waals surface area contributed by atoms with Crippen molar-refractivity contribution >= 4 is 28.7 Å². The molecule has 1 aromatic carbocycles. The summed E-state index contributed by atoms with van der Waals surface area (Å²) in [4.78, 5) is 17.1. The first kappa shape index (κ1) is 21.2. The minimum atomic E-state index is -4.60. The zero-order valence-electron chi connectivity index (χ0n) is 16.4. The van der Waals surface area contributed by atoms with Crippen LogP contribution in [0, 0.1) is 0 Å². The Morgan fingerprint density at radius 3 is 2.41 bits per heavy atom. The van der Waals surface area contributed by atoms with E-state index in [1.807, 2.05) is 6.92 Å². The Bertz CT molecular complexity index is 1080. The molecule has 0 unspecified atom stereocenters. The summed E-state index contributed by atoms with van der Waals surface area (Å²) in [6.07, 6.45) is -4.88. The first-order valence-electron chi connectivity index (χ1n) is 9.02. The maximum Gasteiger partial charge on any atom is 0.420 e. The van der Waals surface area contributed by atoms with E-state index >= 15 is 0 Å². The summed E-state index contributed by atoms with van der Waals surface area (Å²) in [5.41, 5.74) is -0.907. The predicted octanol–water partition coefficient (Wildman–Crippen LogP) is 6.72. The second-order valence-corrected chi connectivity index (χ2v) is 8.01. The zero-order chi connectivity index (χ0) is 21.6. The summed E-state index contributed by atoms with van der Waals surface area (Å²) in [7, 11) is 0. The van der Waals surface area contributed by atoms with Crippen molar-refractivity contribution in [1.82, 2.24) is 9.55 Å². The number of carbonyl (C=O) groups excluding carboxylic acids is 1. The van der Waals surface area contributed by atoms with Gasteiger partial charge in [0.15, 0.2) is 5.65 Å². The number of halogens is 4. The summed E-state index contributed by atoms with van der Waals surface area (Å²) in [5.74, 6) is 0. The minimum Gasteiger partial charge on any atom is -0.443 e. The van der Waals surface area contributed by atoms with Crippen molar-refractivity contribution in [3.8, 4) is 11.3 Å². The molecular formula is C21H20ClF3N2O2. The Balaban J connectivity index is 2.36. The fourth-order valence-electron chi connectivity index (χ4n) is 3.01. The lowest BCUT2D eigenvalue weighted by molar-refractivity contribution is -0.137. The van der Waals surface area contributed by atoms with E-state index < -0.39 is 23.4 Å². The van der Waals surface area contributed by atoms with Crippen molar-refractivity contribution < 1.29 is 22.7 Å². The van der Waals surface area contributed by atoms with Crippen molar-refractivity contribution in [1.29, 1.82) is 0 Å². The third kappa shape index (κ3) is 4.40. The lowest BCUT2D eigenvalue weighted by Gasteiger charge is -2.21. The second kappa shape index (κ2) is 7.37. The van der Waals surface area contributed by atoms with Gasteiger partial charge in [-0.2, -0.15) is 13.2 Å². The summed E-state index contributed by atoms with van der Waals surface area (Å²) in [6, 6.07) is 8.52. The molecule has 0 bridgehead atoms. The van der Waals surface area contributed by atoms with Crippen molar-refractivity contribution in [2.45, 2.75) is 45.9 Å². The molecule has 0 amide bonds. The van der Waals surface area contributed by atoms with Crippen LogP contribution in [0.5, 0.6) is 0 Å². The van der Waals surface area contributed by atoms with Crippen LogP contribution < -0.4 is 0 Å². The first-order chi connectivity index (χ1) is 13.4. The number of aromatic nitrogens is 2. The topological polar surface area (TPSA) is 44.1 Å². The minimum absolute atomic E-state index is 0.0478. The predicted molar refractivity (Wildman–Crippen MR) is 106 cm³/mol. The van der Waals surface area contributed by atoms with Crippen molar-refractivity contribution in [2.75, 3.05) is 0 Å². The molecule has 154 valence electrons. The van der Waals surface area contributed by atoms with E-state index in [4.69, 9.17) is 16.3 Å². The van der Waals surface area contributed by atoms with Gasteiger partial charge < -0.3 is 4.74 Å². The number of carbonyl (C=O) groups is 1. The Labute approximate surface area is 171 Å². The summed E-state index contributed by atoms with van der Waals surface area (Å²) < 4.78 is 47.7. The monoisotopic (exact) mass is 424 g/mol. The van der Waals surface area contributed by atoms with Gasteiger partial charge in [0.2, 0.25) is 0 Å². The van der Waals surface area contributed by atoms with Crippen LogP contribution >= 0.6 is 11.6 Å². The van der Waals surface area contributed by atoms with Crippen LogP contribution in [0.2, 0.25) is 5.15 Å². The van der Waals surface area contributed by atoms with Gasteiger partial charge in [0, 0.05) is 10.9 Å². The highest BCUT2D eigenvalue weighted by Gasteiger charge is 2.35. The van der Waals surface area contributed by atoms with Gasteiger partial charge in [0.05, 0.1) is 11.3 Å². The van der Waals surface area contributed by atoms with E-state index in [-0.39, 0.29) is 22.1 Å². The molecule has 8 heteroatoms. The van der Waals surface area contributed by atoms with Crippen LogP contribution in [0.1, 0.15) is 38.8 Å². The molecule has 0 atom stereocenters.